The first-order valence-corrected chi connectivity index (χ1v) is 11.0. The Morgan fingerprint density at radius 2 is 1.81 bits per heavy atom. The zero-order valence-electron chi connectivity index (χ0n) is 17.9. The molecular formula is C26H27N3OS. The normalized spacial score (nSPS) is 14.4. The molecule has 1 fully saturated rings. The molecule has 0 radical (unpaired) electrons. The fraction of sp³-hybridized carbons (Fsp3) is 0.231. The Hall–Kier alpha value is -3.18. The lowest BCUT2D eigenvalue weighted by Crippen LogP contribution is -2.33. The van der Waals surface area contributed by atoms with Crippen LogP contribution in [0.4, 0.5) is 11.4 Å². The van der Waals surface area contributed by atoms with E-state index in [1.54, 1.807) is 0 Å². The van der Waals surface area contributed by atoms with E-state index >= 15 is 0 Å². The average molecular weight is 430 g/mol. The lowest BCUT2D eigenvalue weighted by molar-refractivity contribution is -0.117. The third-order valence-electron chi connectivity index (χ3n) is 5.63. The monoisotopic (exact) mass is 429 g/mol. The smallest absolute Gasteiger partial charge is 0.227 e. The second-order valence-electron chi connectivity index (χ2n) is 8.00. The van der Waals surface area contributed by atoms with Crippen LogP contribution >= 0.6 is 12.2 Å². The summed E-state index contributed by atoms with van der Waals surface area (Å²) in [6.45, 7) is 5.01. The van der Waals surface area contributed by atoms with Crippen molar-refractivity contribution < 1.29 is 4.79 Å². The molecule has 0 bridgehead atoms. The van der Waals surface area contributed by atoms with Gasteiger partial charge in [-0.1, -0.05) is 60.2 Å². The lowest BCUT2D eigenvalue weighted by atomic mass is 9.94. The van der Waals surface area contributed by atoms with Crippen LogP contribution in [-0.4, -0.2) is 17.6 Å². The molecule has 1 heterocycles. The summed E-state index contributed by atoms with van der Waals surface area (Å²) in [6, 6.07) is 24.6. The number of benzene rings is 3. The molecule has 0 spiro atoms. The van der Waals surface area contributed by atoms with Gasteiger partial charge in [0.15, 0.2) is 5.11 Å². The summed E-state index contributed by atoms with van der Waals surface area (Å²) in [5.41, 5.74) is 6.57. The van der Waals surface area contributed by atoms with Crippen molar-refractivity contribution in [1.29, 1.82) is 0 Å². The van der Waals surface area contributed by atoms with Crippen LogP contribution < -0.4 is 15.5 Å². The van der Waals surface area contributed by atoms with Gasteiger partial charge in [-0.25, -0.2) is 0 Å². The van der Waals surface area contributed by atoms with E-state index in [0.29, 0.717) is 11.5 Å². The fourth-order valence-electron chi connectivity index (χ4n) is 4.11. The predicted octanol–water partition coefficient (Wildman–Crippen LogP) is 5.51. The Morgan fingerprint density at radius 1 is 1.00 bits per heavy atom. The third-order valence-corrected chi connectivity index (χ3v) is 5.85. The number of amides is 1. The number of thiocarbonyl (C=S) groups is 1. The van der Waals surface area contributed by atoms with Gasteiger partial charge in [-0.3, -0.25) is 4.79 Å². The Labute approximate surface area is 189 Å². The second kappa shape index (κ2) is 9.31. The van der Waals surface area contributed by atoms with E-state index in [2.05, 4.69) is 54.8 Å². The topological polar surface area (TPSA) is 44.4 Å². The molecule has 0 aromatic heterocycles. The molecule has 158 valence electrons. The maximum absolute atomic E-state index is 12.1. The average Bonchev–Trinajstić information content (AvgIpc) is 3.19. The van der Waals surface area contributed by atoms with Crippen LogP contribution in [0.2, 0.25) is 0 Å². The Kier molecular flexibility index (Phi) is 6.33. The SMILES string of the molecule is Cc1ccc([C@H](NC(=S)Nc2cccc(N3CCCC3=O)c2)c2ccccc2)c(C)c1. The quantitative estimate of drug-likeness (QED) is 0.525. The highest BCUT2D eigenvalue weighted by Gasteiger charge is 2.22. The number of nitrogens with zero attached hydrogens (tertiary/aromatic N) is 1. The van der Waals surface area contributed by atoms with Crippen molar-refractivity contribution in [3.63, 3.8) is 0 Å². The van der Waals surface area contributed by atoms with E-state index in [1.165, 1.54) is 16.7 Å². The number of aryl methyl sites for hydroxylation is 2. The van der Waals surface area contributed by atoms with Gasteiger partial charge in [0.25, 0.3) is 0 Å². The number of carbonyl (C=O) groups is 1. The van der Waals surface area contributed by atoms with Gasteiger partial charge in [-0.2, -0.15) is 0 Å². The number of rotatable bonds is 5. The first-order valence-electron chi connectivity index (χ1n) is 10.6. The van der Waals surface area contributed by atoms with Gasteiger partial charge in [0.05, 0.1) is 6.04 Å². The molecule has 3 aromatic rings. The van der Waals surface area contributed by atoms with Crippen LogP contribution in [0.15, 0.2) is 72.8 Å². The van der Waals surface area contributed by atoms with E-state index in [0.717, 1.165) is 29.9 Å². The summed E-state index contributed by atoms with van der Waals surface area (Å²) < 4.78 is 0. The highest BCUT2D eigenvalue weighted by atomic mass is 32.1. The largest absolute Gasteiger partial charge is 0.352 e. The first kappa shape index (κ1) is 21.1. The second-order valence-corrected chi connectivity index (χ2v) is 8.41. The minimum Gasteiger partial charge on any atom is -0.352 e. The van der Waals surface area contributed by atoms with Crippen molar-refractivity contribution in [2.45, 2.75) is 32.7 Å². The molecule has 1 aliphatic heterocycles. The summed E-state index contributed by atoms with van der Waals surface area (Å²) in [4.78, 5) is 13.9. The Balaban J connectivity index is 1.55. The standard InChI is InChI=1S/C26H27N3OS/c1-18-13-14-23(19(2)16-18)25(20-8-4-3-5-9-20)28-26(31)27-21-10-6-11-22(17-21)29-15-7-12-24(29)30/h3-6,8-11,13-14,16-17,25H,7,12,15H2,1-2H3,(H2,27,28,31)/t25-/m1/s1. The van der Waals surface area contributed by atoms with Crippen LogP contribution in [0.5, 0.6) is 0 Å². The van der Waals surface area contributed by atoms with Crippen molar-refractivity contribution in [3.8, 4) is 0 Å². The van der Waals surface area contributed by atoms with E-state index in [-0.39, 0.29) is 11.9 Å². The number of nitrogens with one attached hydrogen (secondary N) is 2. The summed E-state index contributed by atoms with van der Waals surface area (Å²) in [7, 11) is 0. The summed E-state index contributed by atoms with van der Waals surface area (Å²) in [6.07, 6.45) is 1.53. The van der Waals surface area contributed by atoms with Gasteiger partial charge in [0.2, 0.25) is 5.91 Å². The van der Waals surface area contributed by atoms with E-state index < -0.39 is 0 Å². The summed E-state index contributed by atoms with van der Waals surface area (Å²) in [5, 5.41) is 7.34. The van der Waals surface area contributed by atoms with Crippen LogP contribution in [0, 0.1) is 13.8 Å². The molecular weight excluding hydrogens is 402 g/mol. The molecule has 4 nitrogen and oxygen atoms in total. The Bertz CT molecular complexity index is 1100. The molecule has 1 aliphatic rings. The molecule has 31 heavy (non-hydrogen) atoms. The molecule has 4 rings (SSSR count). The molecule has 5 heteroatoms. The van der Waals surface area contributed by atoms with Crippen molar-refractivity contribution in [2.75, 3.05) is 16.8 Å². The van der Waals surface area contributed by atoms with E-state index in [1.807, 2.05) is 47.4 Å². The van der Waals surface area contributed by atoms with Crippen molar-refractivity contribution in [3.05, 3.63) is 95.1 Å². The number of hydrogen-bond acceptors (Lipinski definition) is 2. The third kappa shape index (κ3) is 4.94. The molecule has 0 aliphatic carbocycles. The maximum atomic E-state index is 12.1. The molecule has 1 saturated heterocycles. The van der Waals surface area contributed by atoms with Crippen molar-refractivity contribution >= 4 is 34.6 Å². The summed E-state index contributed by atoms with van der Waals surface area (Å²) in [5.74, 6) is 0.178. The molecule has 1 atom stereocenters. The van der Waals surface area contributed by atoms with Crippen molar-refractivity contribution in [2.24, 2.45) is 0 Å². The maximum Gasteiger partial charge on any atom is 0.227 e. The van der Waals surface area contributed by atoms with Crippen molar-refractivity contribution in [1.82, 2.24) is 5.32 Å². The molecule has 0 unspecified atom stereocenters. The van der Waals surface area contributed by atoms with E-state index in [9.17, 15) is 4.79 Å². The van der Waals surface area contributed by atoms with Gasteiger partial charge in [-0.15, -0.1) is 0 Å². The van der Waals surface area contributed by atoms with Crippen LogP contribution in [0.25, 0.3) is 0 Å². The lowest BCUT2D eigenvalue weighted by Gasteiger charge is -2.24. The van der Waals surface area contributed by atoms with Gasteiger partial charge >= 0.3 is 0 Å². The number of carbonyl (C=O) groups excluding carboxylic acids is 1. The highest BCUT2D eigenvalue weighted by molar-refractivity contribution is 7.80. The first-order chi connectivity index (χ1) is 15.0. The molecule has 3 aromatic carbocycles. The predicted molar refractivity (Wildman–Crippen MR) is 132 cm³/mol. The van der Waals surface area contributed by atoms with Gasteiger partial charge in [0.1, 0.15) is 0 Å². The van der Waals surface area contributed by atoms with Gasteiger partial charge < -0.3 is 15.5 Å². The zero-order chi connectivity index (χ0) is 21.8. The minimum atomic E-state index is -0.0647. The molecule has 1 amide bonds. The molecule has 0 saturated carbocycles. The number of hydrogen-bond donors (Lipinski definition) is 2. The highest BCUT2D eigenvalue weighted by Crippen LogP contribution is 2.27. The molecule has 2 N–H and O–H groups in total. The fourth-order valence-corrected chi connectivity index (χ4v) is 4.34. The zero-order valence-corrected chi connectivity index (χ0v) is 18.7. The minimum absolute atomic E-state index is 0.0647. The number of anilines is 2. The van der Waals surface area contributed by atoms with E-state index in [4.69, 9.17) is 12.2 Å². The van der Waals surface area contributed by atoms with Crippen LogP contribution in [0.3, 0.4) is 0 Å². The van der Waals surface area contributed by atoms with Gasteiger partial charge in [0, 0.05) is 24.3 Å². The Morgan fingerprint density at radius 3 is 2.52 bits per heavy atom. The van der Waals surface area contributed by atoms with Crippen LogP contribution in [0.1, 0.15) is 41.1 Å². The van der Waals surface area contributed by atoms with Gasteiger partial charge in [-0.05, 0) is 67.4 Å². The summed E-state index contributed by atoms with van der Waals surface area (Å²) >= 11 is 5.68. The van der Waals surface area contributed by atoms with Crippen LogP contribution in [-0.2, 0) is 4.79 Å².